The van der Waals surface area contributed by atoms with E-state index >= 15 is 0 Å². The molecule has 0 aliphatic carbocycles. The molecular formula is C12H17N3. The first-order valence-electron chi connectivity index (χ1n) is 5.24. The van der Waals surface area contributed by atoms with Gasteiger partial charge in [-0.15, -0.1) is 0 Å². The highest BCUT2D eigenvalue weighted by Crippen LogP contribution is 1.92. The zero-order chi connectivity index (χ0) is 10.8. The molecule has 2 aromatic heterocycles. The van der Waals surface area contributed by atoms with Crippen molar-refractivity contribution in [2.24, 2.45) is 0 Å². The molecule has 2 aromatic rings. The summed E-state index contributed by atoms with van der Waals surface area (Å²) < 4.78 is 2.10. The van der Waals surface area contributed by atoms with Crippen LogP contribution in [0.3, 0.4) is 0 Å². The molecule has 2 heterocycles. The topological polar surface area (TPSA) is 30.7 Å². The molecule has 0 atom stereocenters. The zero-order valence-corrected chi connectivity index (χ0v) is 9.08. The Balaban J connectivity index is 0.000000162. The SMILES string of the molecule is CCCCn1ccnc1.c1ccncc1. The highest BCUT2D eigenvalue weighted by molar-refractivity contribution is 4.88. The van der Waals surface area contributed by atoms with Gasteiger partial charge < -0.3 is 4.57 Å². The fraction of sp³-hybridized carbons (Fsp3) is 0.333. The largest absolute Gasteiger partial charge is 0.337 e. The van der Waals surface area contributed by atoms with Crippen LogP contribution in [0.2, 0.25) is 0 Å². The van der Waals surface area contributed by atoms with Crippen LogP contribution in [0.25, 0.3) is 0 Å². The van der Waals surface area contributed by atoms with Gasteiger partial charge in [0, 0.05) is 31.3 Å². The quantitative estimate of drug-likeness (QED) is 0.768. The normalized spacial score (nSPS) is 9.13. The Morgan fingerprint density at radius 2 is 1.80 bits per heavy atom. The molecule has 0 amide bonds. The van der Waals surface area contributed by atoms with Crippen molar-refractivity contribution in [3.63, 3.8) is 0 Å². The van der Waals surface area contributed by atoms with Crippen molar-refractivity contribution in [2.45, 2.75) is 26.3 Å². The Morgan fingerprint density at radius 1 is 1.00 bits per heavy atom. The number of aryl methyl sites for hydroxylation is 1. The summed E-state index contributed by atoms with van der Waals surface area (Å²) in [5.74, 6) is 0. The highest BCUT2D eigenvalue weighted by Gasteiger charge is 1.85. The molecule has 3 nitrogen and oxygen atoms in total. The van der Waals surface area contributed by atoms with Gasteiger partial charge in [-0.2, -0.15) is 0 Å². The lowest BCUT2D eigenvalue weighted by atomic mass is 10.3. The maximum Gasteiger partial charge on any atom is 0.0945 e. The molecule has 0 unspecified atom stereocenters. The summed E-state index contributed by atoms with van der Waals surface area (Å²) in [6.45, 7) is 3.30. The second-order valence-electron chi connectivity index (χ2n) is 3.18. The first-order valence-corrected chi connectivity index (χ1v) is 5.24. The molecule has 0 bridgehead atoms. The van der Waals surface area contributed by atoms with Gasteiger partial charge in [-0.1, -0.05) is 19.4 Å². The monoisotopic (exact) mass is 203 g/mol. The van der Waals surface area contributed by atoms with E-state index in [1.54, 1.807) is 12.4 Å². The second kappa shape index (κ2) is 7.74. The molecule has 0 saturated carbocycles. The number of hydrogen-bond donors (Lipinski definition) is 0. The predicted molar refractivity (Wildman–Crippen MR) is 61.4 cm³/mol. The van der Waals surface area contributed by atoms with Crippen LogP contribution in [-0.4, -0.2) is 14.5 Å². The van der Waals surface area contributed by atoms with Crippen molar-refractivity contribution >= 4 is 0 Å². The molecular weight excluding hydrogens is 186 g/mol. The summed E-state index contributed by atoms with van der Waals surface area (Å²) in [7, 11) is 0. The summed E-state index contributed by atoms with van der Waals surface area (Å²) in [5, 5.41) is 0. The zero-order valence-electron chi connectivity index (χ0n) is 9.08. The van der Waals surface area contributed by atoms with Crippen molar-refractivity contribution < 1.29 is 0 Å². The molecule has 2 rings (SSSR count). The van der Waals surface area contributed by atoms with Gasteiger partial charge in [-0.05, 0) is 18.6 Å². The lowest BCUT2D eigenvalue weighted by Crippen LogP contribution is -1.92. The summed E-state index contributed by atoms with van der Waals surface area (Å²) >= 11 is 0. The van der Waals surface area contributed by atoms with Crippen molar-refractivity contribution in [2.75, 3.05) is 0 Å². The Bertz CT molecular complexity index is 289. The van der Waals surface area contributed by atoms with E-state index in [4.69, 9.17) is 0 Å². The fourth-order valence-corrected chi connectivity index (χ4v) is 1.07. The summed E-state index contributed by atoms with van der Waals surface area (Å²) in [5.41, 5.74) is 0. The lowest BCUT2D eigenvalue weighted by Gasteiger charge is -1.96. The minimum absolute atomic E-state index is 1.11. The fourth-order valence-electron chi connectivity index (χ4n) is 1.07. The average molecular weight is 203 g/mol. The van der Waals surface area contributed by atoms with E-state index in [2.05, 4.69) is 21.5 Å². The minimum Gasteiger partial charge on any atom is -0.337 e. The van der Waals surface area contributed by atoms with Crippen LogP contribution in [0.4, 0.5) is 0 Å². The molecule has 15 heavy (non-hydrogen) atoms. The third-order valence-electron chi connectivity index (χ3n) is 1.90. The smallest absolute Gasteiger partial charge is 0.0945 e. The average Bonchev–Trinajstić information content (AvgIpc) is 2.82. The maximum absolute atomic E-state index is 3.94. The number of unbranched alkanes of at least 4 members (excludes halogenated alkanes) is 1. The van der Waals surface area contributed by atoms with Crippen LogP contribution in [-0.2, 0) is 6.54 Å². The number of hydrogen-bond acceptors (Lipinski definition) is 2. The molecule has 0 fully saturated rings. The molecule has 3 heteroatoms. The van der Waals surface area contributed by atoms with Crippen LogP contribution >= 0.6 is 0 Å². The van der Waals surface area contributed by atoms with Crippen LogP contribution in [0, 0.1) is 0 Å². The van der Waals surface area contributed by atoms with Crippen LogP contribution in [0.5, 0.6) is 0 Å². The third kappa shape index (κ3) is 5.62. The van der Waals surface area contributed by atoms with E-state index in [-0.39, 0.29) is 0 Å². The summed E-state index contributed by atoms with van der Waals surface area (Å²) in [4.78, 5) is 7.72. The van der Waals surface area contributed by atoms with Gasteiger partial charge in [-0.3, -0.25) is 4.98 Å². The first kappa shape index (κ1) is 11.4. The molecule has 0 aromatic carbocycles. The van der Waals surface area contributed by atoms with E-state index in [1.165, 1.54) is 12.8 Å². The first-order chi connectivity index (χ1) is 7.43. The van der Waals surface area contributed by atoms with Gasteiger partial charge in [0.1, 0.15) is 0 Å². The van der Waals surface area contributed by atoms with E-state index < -0.39 is 0 Å². The molecule has 0 radical (unpaired) electrons. The van der Waals surface area contributed by atoms with Gasteiger partial charge >= 0.3 is 0 Å². The number of nitrogens with zero attached hydrogens (tertiary/aromatic N) is 3. The van der Waals surface area contributed by atoms with Crippen molar-refractivity contribution in [1.29, 1.82) is 0 Å². The van der Waals surface area contributed by atoms with Crippen molar-refractivity contribution in [3.8, 4) is 0 Å². The molecule has 0 N–H and O–H groups in total. The van der Waals surface area contributed by atoms with E-state index in [1.807, 2.05) is 36.9 Å². The van der Waals surface area contributed by atoms with Gasteiger partial charge in [0.2, 0.25) is 0 Å². The van der Waals surface area contributed by atoms with Crippen LogP contribution in [0.1, 0.15) is 19.8 Å². The van der Waals surface area contributed by atoms with Crippen molar-refractivity contribution in [1.82, 2.24) is 14.5 Å². The molecule has 0 spiro atoms. The minimum atomic E-state index is 1.11. The lowest BCUT2D eigenvalue weighted by molar-refractivity contribution is 0.631. The number of imidazole rings is 1. The maximum atomic E-state index is 3.94. The third-order valence-corrected chi connectivity index (χ3v) is 1.90. The standard InChI is InChI=1S/C7H12N2.C5H5N/c1-2-3-5-9-6-4-8-7-9;1-2-4-6-5-3-1/h4,6-7H,2-3,5H2,1H3;1-5H. The number of aromatic nitrogens is 3. The Hall–Kier alpha value is -1.64. The van der Waals surface area contributed by atoms with Crippen LogP contribution in [0.15, 0.2) is 49.3 Å². The van der Waals surface area contributed by atoms with Gasteiger partial charge in [0.25, 0.3) is 0 Å². The van der Waals surface area contributed by atoms with E-state index in [0.717, 1.165) is 6.54 Å². The Kier molecular flexibility index (Phi) is 5.90. The molecule has 0 aliphatic heterocycles. The molecule has 0 saturated heterocycles. The van der Waals surface area contributed by atoms with Gasteiger partial charge in [0.05, 0.1) is 6.33 Å². The number of pyridine rings is 1. The van der Waals surface area contributed by atoms with E-state index in [0.29, 0.717) is 0 Å². The van der Waals surface area contributed by atoms with Gasteiger partial charge in [0.15, 0.2) is 0 Å². The molecule has 80 valence electrons. The predicted octanol–water partition coefficient (Wildman–Crippen LogP) is 2.76. The Labute approximate surface area is 90.8 Å². The molecule has 0 aliphatic rings. The Morgan fingerprint density at radius 3 is 2.20 bits per heavy atom. The summed E-state index contributed by atoms with van der Waals surface area (Å²) in [6.07, 6.45) is 11.7. The van der Waals surface area contributed by atoms with Crippen molar-refractivity contribution in [3.05, 3.63) is 49.3 Å². The number of rotatable bonds is 3. The van der Waals surface area contributed by atoms with Gasteiger partial charge in [-0.25, -0.2) is 4.98 Å². The van der Waals surface area contributed by atoms with E-state index in [9.17, 15) is 0 Å². The van der Waals surface area contributed by atoms with Crippen LogP contribution < -0.4 is 0 Å². The second-order valence-corrected chi connectivity index (χ2v) is 3.18. The summed E-state index contributed by atoms with van der Waals surface area (Å²) in [6, 6.07) is 5.72. The highest BCUT2D eigenvalue weighted by atomic mass is 15.0.